The molecular weight excluding hydrogens is 320 g/mol. The fraction of sp³-hybridized carbons (Fsp3) is 0.133. The molecule has 3 rings (SSSR count). The molecule has 0 bridgehead atoms. The average molecular weight is 330 g/mol. The molecule has 0 aliphatic rings. The summed E-state index contributed by atoms with van der Waals surface area (Å²) < 4.78 is 40.6. The summed E-state index contributed by atoms with van der Waals surface area (Å²) in [5.41, 5.74) is -0.670. The van der Waals surface area contributed by atoms with Crippen LogP contribution >= 0.6 is 0 Å². The normalized spacial score (nSPS) is 11.7. The number of pyridine rings is 1. The summed E-state index contributed by atoms with van der Waals surface area (Å²) in [5.74, 6) is -0.126. The van der Waals surface area contributed by atoms with Crippen LogP contribution in [0.5, 0.6) is 5.75 Å². The third-order valence-electron chi connectivity index (χ3n) is 3.35. The largest absolute Gasteiger partial charge is 0.507 e. The predicted octanol–water partition coefficient (Wildman–Crippen LogP) is 2.06. The lowest BCUT2D eigenvalue weighted by molar-refractivity contribution is -0.137. The summed E-state index contributed by atoms with van der Waals surface area (Å²) in [7, 11) is 7.19. The molecular formula is C15H10BF3N4O. The van der Waals surface area contributed by atoms with Gasteiger partial charge >= 0.3 is 6.18 Å². The Morgan fingerprint density at radius 3 is 2.67 bits per heavy atom. The van der Waals surface area contributed by atoms with Crippen molar-refractivity contribution in [1.82, 2.24) is 19.7 Å². The zero-order chi connectivity index (χ0) is 17.5. The van der Waals surface area contributed by atoms with Gasteiger partial charge in [0.15, 0.2) is 5.82 Å². The number of nitrogens with zero attached hydrogens (tertiary/aromatic N) is 4. The molecule has 24 heavy (non-hydrogen) atoms. The lowest BCUT2D eigenvalue weighted by Crippen LogP contribution is -2.08. The fourth-order valence-corrected chi connectivity index (χ4v) is 2.26. The van der Waals surface area contributed by atoms with Gasteiger partial charge in [-0.1, -0.05) is 17.6 Å². The number of phenols is 1. The maximum Gasteiger partial charge on any atom is 0.418 e. The number of phenolic OH excluding ortho intramolecular Hbond substituents is 1. The molecule has 9 heteroatoms. The predicted molar refractivity (Wildman–Crippen MR) is 81.7 cm³/mol. The Morgan fingerprint density at radius 1 is 1.21 bits per heavy atom. The number of hydrogen-bond acceptors (Lipinski definition) is 4. The van der Waals surface area contributed by atoms with Gasteiger partial charge in [-0.15, -0.1) is 5.10 Å². The first kappa shape index (κ1) is 16.0. The Kier molecular flexibility index (Phi) is 3.78. The monoisotopic (exact) mass is 330 g/mol. The highest BCUT2D eigenvalue weighted by Crippen LogP contribution is 2.35. The summed E-state index contributed by atoms with van der Waals surface area (Å²) >= 11 is 0. The molecule has 2 heterocycles. The van der Waals surface area contributed by atoms with E-state index in [2.05, 4.69) is 15.1 Å². The molecule has 0 atom stereocenters. The minimum absolute atomic E-state index is 0.108. The Balaban J connectivity index is 2.16. The average Bonchev–Trinajstić information content (AvgIpc) is 2.90. The first-order chi connectivity index (χ1) is 11.3. The molecule has 0 spiro atoms. The van der Waals surface area contributed by atoms with E-state index in [1.165, 1.54) is 42.2 Å². The molecule has 1 aromatic carbocycles. The summed E-state index contributed by atoms with van der Waals surface area (Å²) in [6.07, 6.45) is -3.35. The molecule has 1 N–H and O–H groups in total. The van der Waals surface area contributed by atoms with Crippen LogP contribution in [0.25, 0.3) is 22.9 Å². The zero-order valence-electron chi connectivity index (χ0n) is 12.4. The van der Waals surface area contributed by atoms with Crippen LogP contribution in [-0.4, -0.2) is 32.7 Å². The second-order valence-corrected chi connectivity index (χ2v) is 5.06. The van der Waals surface area contributed by atoms with Gasteiger partial charge in [0.25, 0.3) is 0 Å². The quantitative estimate of drug-likeness (QED) is 0.731. The van der Waals surface area contributed by atoms with E-state index in [0.29, 0.717) is 5.46 Å². The number of aromatic hydroxyl groups is 1. The summed E-state index contributed by atoms with van der Waals surface area (Å²) in [5, 5.41) is 13.9. The standard InChI is InChI=1S/C15H10BF3N4O/c1-23-14(9-7-8(16)4-5-11(9)24)21-13(22-23)12-10(15(17,18)19)3-2-6-20-12/h2-7,24H,1H3. The maximum atomic E-state index is 13.1. The van der Waals surface area contributed by atoms with Crippen LogP contribution in [-0.2, 0) is 13.2 Å². The van der Waals surface area contributed by atoms with Crippen molar-refractivity contribution in [1.29, 1.82) is 0 Å². The van der Waals surface area contributed by atoms with Gasteiger partial charge in [-0.05, 0) is 18.2 Å². The third-order valence-corrected chi connectivity index (χ3v) is 3.35. The maximum absolute atomic E-state index is 13.1. The van der Waals surface area contributed by atoms with E-state index < -0.39 is 11.7 Å². The fourth-order valence-electron chi connectivity index (χ4n) is 2.26. The van der Waals surface area contributed by atoms with Crippen LogP contribution in [0.3, 0.4) is 0 Å². The molecule has 2 radical (unpaired) electrons. The zero-order valence-corrected chi connectivity index (χ0v) is 12.4. The number of rotatable bonds is 2. The Hall–Kier alpha value is -2.84. The van der Waals surface area contributed by atoms with Gasteiger partial charge in [0.1, 0.15) is 19.3 Å². The van der Waals surface area contributed by atoms with Crippen LogP contribution in [0.1, 0.15) is 5.56 Å². The van der Waals surface area contributed by atoms with Crippen molar-refractivity contribution in [3.63, 3.8) is 0 Å². The van der Waals surface area contributed by atoms with Gasteiger partial charge in [-0.3, -0.25) is 4.98 Å². The number of aromatic nitrogens is 4. The van der Waals surface area contributed by atoms with E-state index >= 15 is 0 Å². The number of hydrogen-bond donors (Lipinski definition) is 1. The highest BCUT2D eigenvalue weighted by Gasteiger charge is 2.35. The molecule has 2 aromatic heterocycles. The lowest BCUT2D eigenvalue weighted by atomic mass is 9.94. The second kappa shape index (κ2) is 5.66. The van der Waals surface area contributed by atoms with Crippen molar-refractivity contribution >= 4 is 13.3 Å². The van der Waals surface area contributed by atoms with E-state index in [-0.39, 0.29) is 28.7 Å². The van der Waals surface area contributed by atoms with E-state index in [1.54, 1.807) is 0 Å². The van der Waals surface area contributed by atoms with Crippen molar-refractivity contribution in [2.45, 2.75) is 6.18 Å². The molecule has 0 amide bonds. The van der Waals surface area contributed by atoms with Gasteiger partial charge in [-0.2, -0.15) is 13.2 Å². The number of alkyl halides is 3. The Bertz CT molecular complexity index is 908. The SMILES string of the molecule is [B]c1ccc(O)c(-c2nc(-c3ncccc3C(F)(F)F)nn2C)c1. The van der Waals surface area contributed by atoms with E-state index in [1.807, 2.05) is 0 Å². The van der Waals surface area contributed by atoms with Crippen molar-refractivity contribution < 1.29 is 18.3 Å². The van der Waals surface area contributed by atoms with Gasteiger partial charge in [0, 0.05) is 13.2 Å². The molecule has 5 nitrogen and oxygen atoms in total. The Morgan fingerprint density at radius 2 is 1.96 bits per heavy atom. The number of aryl methyl sites for hydroxylation is 1. The first-order valence-electron chi connectivity index (χ1n) is 6.80. The molecule has 0 saturated heterocycles. The molecule has 0 fully saturated rings. The molecule has 0 unspecified atom stereocenters. The van der Waals surface area contributed by atoms with Gasteiger partial charge in [-0.25, -0.2) is 9.67 Å². The van der Waals surface area contributed by atoms with Crippen LogP contribution in [0.2, 0.25) is 0 Å². The summed E-state index contributed by atoms with van der Waals surface area (Å²) in [6, 6.07) is 6.44. The smallest absolute Gasteiger partial charge is 0.418 e. The molecule has 0 aliphatic heterocycles. The van der Waals surface area contributed by atoms with Crippen molar-refractivity contribution in [2.24, 2.45) is 7.05 Å². The topological polar surface area (TPSA) is 63.8 Å². The number of benzene rings is 1. The highest BCUT2D eigenvalue weighted by molar-refractivity contribution is 6.32. The van der Waals surface area contributed by atoms with Crippen LogP contribution in [0.15, 0.2) is 36.5 Å². The van der Waals surface area contributed by atoms with Crippen LogP contribution in [0, 0.1) is 0 Å². The molecule has 3 aromatic rings. The van der Waals surface area contributed by atoms with Gasteiger partial charge < -0.3 is 5.11 Å². The lowest BCUT2D eigenvalue weighted by Gasteiger charge is -2.08. The van der Waals surface area contributed by atoms with Crippen LogP contribution < -0.4 is 5.46 Å². The second-order valence-electron chi connectivity index (χ2n) is 5.06. The Labute approximate surface area is 136 Å². The molecule has 120 valence electrons. The van der Waals surface area contributed by atoms with Crippen molar-refractivity contribution in [3.8, 4) is 28.7 Å². The highest BCUT2D eigenvalue weighted by atomic mass is 19.4. The molecule has 0 aliphatic carbocycles. The van der Waals surface area contributed by atoms with E-state index in [0.717, 1.165) is 6.07 Å². The van der Waals surface area contributed by atoms with Gasteiger partial charge in [0.2, 0.25) is 5.82 Å². The van der Waals surface area contributed by atoms with Crippen LogP contribution in [0.4, 0.5) is 13.2 Å². The van der Waals surface area contributed by atoms with Gasteiger partial charge in [0.05, 0.1) is 11.1 Å². The van der Waals surface area contributed by atoms with E-state index in [4.69, 9.17) is 7.85 Å². The number of halogens is 3. The summed E-state index contributed by atoms with van der Waals surface area (Å²) in [4.78, 5) is 7.86. The minimum Gasteiger partial charge on any atom is -0.507 e. The third kappa shape index (κ3) is 2.84. The van der Waals surface area contributed by atoms with E-state index in [9.17, 15) is 18.3 Å². The molecule has 0 saturated carbocycles. The summed E-state index contributed by atoms with van der Waals surface area (Å²) in [6.45, 7) is 0. The van der Waals surface area contributed by atoms with Crippen molar-refractivity contribution in [3.05, 3.63) is 42.1 Å². The minimum atomic E-state index is -4.58. The van der Waals surface area contributed by atoms with Crippen molar-refractivity contribution in [2.75, 3.05) is 0 Å². The first-order valence-corrected chi connectivity index (χ1v) is 6.80.